The first-order valence-electron chi connectivity index (χ1n) is 7.82. The van der Waals surface area contributed by atoms with Gasteiger partial charge in [-0.1, -0.05) is 6.92 Å². The van der Waals surface area contributed by atoms with Crippen molar-refractivity contribution in [2.75, 3.05) is 18.5 Å². The van der Waals surface area contributed by atoms with E-state index in [4.69, 9.17) is 4.74 Å². The summed E-state index contributed by atoms with van der Waals surface area (Å²) in [6.07, 6.45) is 7.47. The van der Waals surface area contributed by atoms with E-state index in [1.165, 1.54) is 5.56 Å². The number of rotatable bonds is 5. The minimum absolute atomic E-state index is 0.251. The molecule has 5 heteroatoms. The lowest BCUT2D eigenvalue weighted by atomic mass is 9.95. The van der Waals surface area contributed by atoms with Crippen molar-refractivity contribution < 1.29 is 4.74 Å². The average Bonchev–Trinajstić information content (AvgIpc) is 2.97. The zero-order valence-electron chi connectivity index (χ0n) is 13.1. The molecule has 3 heterocycles. The number of aryl methyl sites for hydroxylation is 2. The van der Waals surface area contributed by atoms with E-state index in [1.54, 1.807) is 0 Å². The molecule has 1 aliphatic heterocycles. The predicted molar refractivity (Wildman–Crippen MR) is 85.8 cm³/mol. The Hall–Kier alpha value is -2.01. The summed E-state index contributed by atoms with van der Waals surface area (Å²) in [4.78, 5) is 13.1. The molecule has 1 saturated heterocycles. The van der Waals surface area contributed by atoms with Crippen molar-refractivity contribution in [2.24, 2.45) is 5.92 Å². The van der Waals surface area contributed by atoms with Crippen LogP contribution in [0.1, 0.15) is 23.7 Å². The van der Waals surface area contributed by atoms with E-state index < -0.39 is 0 Å². The van der Waals surface area contributed by atoms with E-state index in [2.05, 4.69) is 39.3 Å². The normalized spacial score (nSPS) is 21.0. The van der Waals surface area contributed by atoms with Gasteiger partial charge in [0.15, 0.2) is 0 Å². The van der Waals surface area contributed by atoms with E-state index >= 15 is 0 Å². The first-order chi connectivity index (χ1) is 10.8. The van der Waals surface area contributed by atoms with Gasteiger partial charge in [0.2, 0.25) is 5.95 Å². The van der Waals surface area contributed by atoms with Gasteiger partial charge in [-0.3, -0.25) is 4.98 Å². The highest BCUT2D eigenvalue weighted by molar-refractivity contribution is 5.31. The molecule has 2 aromatic rings. The van der Waals surface area contributed by atoms with Crippen molar-refractivity contribution >= 4 is 5.95 Å². The monoisotopic (exact) mass is 298 g/mol. The molecule has 0 saturated carbocycles. The lowest BCUT2D eigenvalue weighted by Crippen LogP contribution is -2.30. The van der Waals surface area contributed by atoms with Crippen molar-refractivity contribution in [3.63, 3.8) is 0 Å². The Morgan fingerprint density at radius 1 is 1.27 bits per heavy atom. The van der Waals surface area contributed by atoms with Crippen LogP contribution in [0.4, 0.5) is 5.95 Å². The summed E-state index contributed by atoms with van der Waals surface area (Å²) in [6, 6.07) is 4.38. The number of anilines is 1. The molecular weight excluding hydrogens is 276 g/mol. The summed E-state index contributed by atoms with van der Waals surface area (Å²) < 4.78 is 5.66. The van der Waals surface area contributed by atoms with Gasteiger partial charge >= 0.3 is 0 Å². The number of nitrogens with zero attached hydrogens (tertiary/aromatic N) is 3. The van der Waals surface area contributed by atoms with Crippen LogP contribution in [-0.2, 0) is 17.6 Å². The Morgan fingerprint density at radius 3 is 2.86 bits per heavy atom. The van der Waals surface area contributed by atoms with Gasteiger partial charge in [-0.05, 0) is 43.0 Å². The first kappa shape index (κ1) is 14.9. The zero-order chi connectivity index (χ0) is 15.4. The number of hydrogen-bond donors (Lipinski definition) is 1. The fourth-order valence-corrected chi connectivity index (χ4v) is 2.85. The molecule has 3 rings (SSSR count). The number of aromatic nitrogens is 3. The average molecular weight is 298 g/mol. The van der Waals surface area contributed by atoms with E-state index in [1.807, 2.05) is 25.5 Å². The summed E-state index contributed by atoms with van der Waals surface area (Å²) in [6.45, 7) is 5.64. The summed E-state index contributed by atoms with van der Waals surface area (Å²) in [5, 5.41) is 3.45. The molecule has 0 amide bonds. The smallest absolute Gasteiger partial charge is 0.223 e. The predicted octanol–water partition coefficient (Wildman–Crippen LogP) is 2.41. The molecule has 1 fully saturated rings. The van der Waals surface area contributed by atoms with Gasteiger partial charge in [0.25, 0.3) is 0 Å². The van der Waals surface area contributed by atoms with Gasteiger partial charge < -0.3 is 10.1 Å². The largest absolute Gasteiger partial charge is 0.379 e. The number of pyridine rings is 1. The van der Waals surface area contributed by atoms with E-state index in [-0.39, 0.29) is 6.04 Å². The maximum Gasteiger partial charge on any atom is 0.223 e. The molecule has 1 N–H and O–H groups in total. The van der Waals surface area contributed by atoms with Crippen LogP contribution in [0.2, 0.25) is 0 Å². The lowest BCUT2D eigenvalue weighted by molar-refractivity contribution is 0.185. The van der Waals surface area contributed by atoms with Crippen molar-refractivity contribution in [1.29, 1.82) is 0 Å². The Balaban J connectivity index is 1.68. The van der Waals surface area contributed by atoms with Crippen LogP contribution in [-0.4, -0.2) is 34.2 Å². The van der Waals surface area contributed by atoms with Gasteiger partial charge in [-0.2, -0.15) is 0 Å². The fourth-order valence-electron chi connectivity index (χ4n) is 2.85. The Morgan fingerprint density at radius 2 is 2.09 bits per heavy atom. The highest BCUT2D eigenvalue weighted by Gasteiger charge is 2.29. The van der Waals surface area contributed by atoms with E-state index in [0.29, 0.717) is 18.5 Å². The van der Waals surface area contributed by atoms with Crippen molar-refractivity contribution in [3.05, 3.63) is 47.5 Å². The van der Waals surface area contributed by atoms with Crippen LogP contribution in [0.5, 0.6) is 0 Å². The molecule has 0 aliphatic carbocycles. The third-order valence-electron chi connectivity index (χ3n) is 4.17. The minimum atomic E-state index is 0.251. The maximum absolute atomic E-state index is 5.66. The second kappa shape index (κ2) is 6.83. The Labute approximate surface area is 131 Å². The number of ether oxygens (including phenoxy) is 1. The molecule has 0 unspecified atom stereocenters. The highest BCUT2D eigenvalue weighted by atomic mass is 16.5. The van der Waals surface area contributed by atoms with Crippen LogP contribution in [0.3, 0.4) is 0 Å². The molecule has 2 aromatic heterocycles. The Bertz CT molecular complexity index is 617. The van der Waals surface area contributed by atoms with Crippen LogP contribution >= 0.6 is 0 Å². The Kier molecular flexibility index (Phi) is 4.63. The third-order valence-corrected chi connectivity index (χ3v) is 4.17. The molecule has 22 heavy (non-hydrogen) atoms. The standard InChI is InChI=1S/C17H22N4O/c1-3-15-12(2)9-19-17(20-15)21-16-11-22-10-14(16)8-13-4-6-18-7-5-13/h4-7,9,14,16H,3,8,10-11H2,1-2H3,(H,19,20,21)/t14-,16+/m1/s1. The van der Waals surface area contributed by atoms with Crippen LogP contribution in [0.25, 0.3) is 0 Å². The molecule has 0 radical (unpaired) electrons. The van der Waals surface area contributed by atoms with Gasteiger partial charge in [0, 0.05) is 30.2 Å². The summed E-state index contributed by atoms with van der Waals surface area (Å²) in [5.74, 6) is 1.13. The van der Waals surface area contributed by atoms with Crippen molar-refractivity contribution in [3.8, 4) is 0 Å². The van der Waals surface area contributed by atoms with Crippen molar-refractivity contribution in [1.82, 2.24) is 15.0 Å². The van der Waals surface area contributed by atoms with Crippen molar-refractivity contribution in [2.45, 2.75) is 32.7 Å². The molecule has 0 bridgehead atoms. The number of nitrogens with one attached hydrogen (secondary N) is 1. The van der Waals surface area contributed by atoms with Gasteiger partial charge in [0.1, 0.15) is 0 Å². The fraction of sp³-hybridized carbons (Fsp3) is 0.471. The quantitative estimate of drug-likeness (QED) is 0.918. The molecular formula is C17H22N4O. The SMILES string of the molecule is CCc1nc(N[C@H]2COC[C@H]2Cc2ccncc2)ncc1C. The summed E-state index contributed by atoms with van der Waals surface area (Å²) in [7, 11) is 0. The van der Waals surface area contributed by atoms with Crippen LogP contribution in [0.15, 0.2) is 30.7 Å². The molecule has 1 aliphatic rings. The van der Waals surface area contributed by atoms with Gasteiger partial charge in [-0.25, -0.2) is 9.97 Å². The third kappa shape index (κ3) is 3.42. The molecule has 2 atom stereocenters. The van der Waals surface area contributed by atoms with E-state index in [9.17, 15) is 0 Å². The zero-order valence-corrected chi connectivity index (χ0v) is 13.1. The second-order valence-corrected chi connectivity index (χ2v) is 5.78. The topological polar surface area (TPSA) is 59.9 Å². The molecule has 5 nitrogen and oxygen atoms in total. The molecule has 116 valence electrons. The summed E-state index contributed by atoms with van der Waals surface area (Å²) in [5.41, 5.74) is 3.53. The number of hydrogen-bond acceptors (Lipinski definition) is 5. The van der Waals surface area contributed by atoms with Gasteiger partial charge in [-0.15, -0.1) is 0 Å². The minimum Gasteiger partial charge on any atom is -0.379 e. The molecule has 0 aromatic carbocycles. The molecule has 0 spiro atoms. The second-order valence-electron chi connectivity index (χ2n) is 5.78. The van der Waals surface area contributed by atoms with E-state index in [0.717, 1.165) is 30.7 Å². The lowest BCUT2D eigenvalue weighted by Gasteiger charge is -2.19. The maximum atomic E-state index is 5.66. The first-order valence-corrected chi connectivity index (χ1v) is 7.82. The van der Waals surface area contributed by atoms with Crippen LogP contribution < -0.4 is 5.32 Å². The summed E-state index contributed by atoms with van der Waals surface area (Å²) >= 11 is 0. The van der Waals surface area contributed by atoms with Crippen LogP contribution in [0, 0.1) is 12.8 Å². The van der Waals surface area contributed by atoms with Gasteiger partial charge in [0.05, 0.1) is 19.3 Å². The highest BCUT2D eigenvalue weighted by Crippen LogP contribution is 2.21.